The number of likely N-dealkylation sites (N-methyl/N-ethyl adjacent to an activating group) is 1. The minimum Gasteiger partial charge on any atom is -0.339 e. The van der Waals surface area contributed by atoms with E-state index in [1.807, 2.05) is 11.8 Å². The number of carbonyl (C=O) groups excluding carboxylic acids is 1. The van der Waals surface area contributed by atoms with Crippen molar-refractivity contribution >= 4 is 17.7 Å². The van der Waals surface area contributed by atoms with Crippen LogP contribution in [-0.4, -0.2) is 73.9 Å². The van der Waals surface area contributed by atoms with Crippen LogP contribution in [0.4, 0.5) is 4.39 Å². The van der Waals surface area contributed by atoms with Gasteiger partial charge in [-0.15, -0.1) is 5.10 Å². The number of benzene rings is 1. The summed E-state index contributed by atoms with van der Waals surface area (Å²) in [6.07, 6.45) is 0. The summed E-state index contributed by atoms with van der Waals surface area (Å²) in [7, 11) is 0. The quantitative estimate of drug-likeness (QED) is 0.748. The van der Waals surface area contributed by atoms with Crippen molar-refractivity contribution < 1.29 is 9.18 Å². The van der Waals surface area contributed by atoms with Crippen molar-refractivity contribution in [2.45, 2.75) is 24.3 Å². The fourth-order valence-corrected chi connectivity index (χ4v) is 3.66. The van der Waals surface area contributed by atoms with Crippen LogP contribution in [0.3, 0.4) is 0 Å². The first kappa shape index (κ1) is 17.8. The van der Waals surface area contributed by atoms with Gasteiger partial charge in [-0.3, -0.25) is 4.79 Å². The molecule has 2 aromatic rings. The molecule has 1 aliphatic heterocycles. The number of rotatable bonds is 5. The van der Waals surface area contributed by atoms with E-state index in [1.165, 1.54) is 28.6 Å². The van der Waals surface area contributed by atoms with E-state index in [0.29, 0.717) is 10.8 Å². The third kappa shape index (κ3) is 4.16. The first-order valence-electron chi connectivity index (χ1n) is 8.30. The van der Waals surface area contributed by atoms with Crippen LogP contribution in [0, 0.1) is 5.82 Å². The van der Waals surface area contributed by atoms with Crippen molar-refractivity contribution in [3.8, 4) is 5.69 Å². The van der Waals surface area contributed by atoms with E-state index in [0.717, 1.165) is 32.7 Å². The number of halogens is 1. The predicted octanol–water partition coefficient (Wildman–Crippen LogP) is 1.45. The van der Waals surface area contributed by atoms with Crippen LogP contribution in [-0.2, 0) is 4.79 Å². The Balaban J connectivity index is 1.67. The van der Waals surface area contributed by atoms with E-state index in [1.54, 1.807) is 12.1 Å². The number of thioether (sulfide) groups is 1. The zero-order valence-corrected chi connectivity index (χ0v) is 15.1. The number of piperazine rings is 1. The number of nitrogens with zero attached hydrogens (tertiary/aromatic N) is 6. The molecule has 25 heavy (non-hydrogen) atoms. The number of aromatic nitrogens is 4. The maximum atomic E-state index is 13.4. The van der Waals surface area contributed by atoms with Crippen molar-refractivity contribution in [2.24, 2.45) is 0 Å². The molecule has 0 spiro atoms. The van der Waals surface area contributed by atoms with Gasteiger partial charge in [-0.2, -0.15) is 4.68 Å². The first-order chi connectivity index (χ1) is 12.1. The lowest BCUT2D eigenvalue weighted by Crippen LogP contribution is -2.50. The van der Waals surface area contributed by atoms with Crippen molar-refractivity contribution in [3.63, 3.8) is 0 Å². The number of carbonyl (C=O) groups is 1. The fourth-order valence-electron chi connectivity index (χ4n) is 2.77. The number of amides is 1. The predicted molar refractivity (Wildman–Crippen MR) is 93.1 cm³/mol. The Kier molecular flexibility index (Phi) is 5.64. The Morgan fingerprint density at radius 3 is 2.76 bits per heavy atom. The second-order valence-corrected chi connectivity index (χ2v) is 7.18. The highest BCUT2D eigenvalue weighted by Gasteiger charge is 2.26. The van der Waals surface area contributed by atoms with Crippen molar-refractivity contribution in [1.82, 2.24) is 30.0 Å². The molecule has 0 saturated carbocycles. The molecule has 7 nitrogen and oxygen atoms in total. The normalized spacial score (nSPS) is 16.8. The molecule has 0 radical (unpaired) electrons. The zero-order valence-electron chi connectivity index (χ0n) is 14.3. The lowest BCUT2D eigenvalue weighted by molar-refractivity contribution is -0.132. The van der Waals surface area contributed by atoms with Gasteiger partial charge in [0.15, 0.2) is 0 Å². The Hall–Kier alpha value is -2.00. The summed E-state index contributed by atoms with van der Waals surface area (Å²) in [4.78, 5) is 16.9. The summed E-state index contributed by atoms with van der Waals surface area (Å²) in [5.74, 6) is -0.281. The van der Waals surface area contributed by atoms with Gasteiger partial charge in [-0.25, -0.2) is 4.39 Å². The minimum absolute atomic E-state index is 0.0783. The summed E-state index contributed by atoms with van der Waals surface area (Å²) >= 11 is 1.29. The van der Waals surface area contributed by atoms with Gasteiger partial charge in [-0.1, -0.05) is 24.8 Å². The standard InChI is InChI=1S/C16H21FN6OS/c1-3-21-7-9-22(10-8-21)15(24)12(2)25-16-18-19-20-23(16)14-6-4-5-13(17)11-14/h4-6,11-12H,3,7-10H2,1-2H3. The van der Waals surface area contributed by atoms with Crippen molar-refractivity contribution in [3.05, 3.63) is 30.1 Å². The van der Waals surface area contributed by atoms with E-state index in [4.69, 9.17) is 0 Å². The van der Waals surface area contributed by atoms with E-state index in [-0.39, 0.29) is 17.0 Å². The lowest BCUT2D eigenvalue weighted by Gasteiger charge is -2.35. The molecular weight excluding hydrogens is 343 g/mol. The third-order valence-corrected chi connectivity index (χ3v) is 5.28. The minimum atomic E-state index is -0.359. The van der Waals surface area contributed by atoms with Crippen LogP contribution < -0.4 is 0 Å². The van der Waals surface area contributed by atoms with Crippen molar-refractivity contribution in [1.29, 1.82) is 0 Å². The molecule has 1 saturated heterocycles. The Morgan fingerprint density at radius 2 is 2.08 bits per heavy atom. The van der Waals surface area contributed by atoms with Crippen LogP contribution in [0.1, 0.15) is 13.8 Å². The highest BCUT2D eigenvalue weighted by molar-refractivity contribution is 8.00. The van der Waals surface area contributed by atoms with Gasteiger partial charge in [0.25, 0.3) is 0 Å². The van der Waals surface area contributed by atoms with Crippen LogP contribution in [0.15, 0.2) is 29.4 Å². The van der Waals surface area contributed by atoms with Gasteiger partial charge < -0.3 is 9.80 Å². The van der Waals surface area contributed by atoms with Crippen LogP contribution in [0.2, 0.25) is 0 Å². The zero-order chi connectivity index (χ0) is 17.8. The first-order valence-corrected chi connectivity index (χ1v) is 9.18. The number of hydrogen-bond donors (Lipinski definition) is 0. The molecule has 1 aromatic heterocycles. The molecule has 0 bridgehead atoms. The summed E-state index contributed by atoms with van der Waals surface area (Å²) < 4.78 is 14.9. The average molecular weight is 364 g/mol. The molecule has 0 N–H and O–H groups in total. The van der Waals surface area contributed by atoms with E-state index < -0.39 is 0 Å². The molecule has 1 aliphatic rings. The summed E-state index contributed by atoms with van der Waals surface area (Å²) in [5, 5.41) is 11.7. The second kappa shape index (κ2) is 7.92. The van der Waals surface area contributed by atoms with Gasteiger partial charge in [0.05, 0.1) is 10.9 Å². The van der Waals surface area contributed by atoms with Crippen LogP contribution in [0.5, 0.6) is 0 Å². The highest BCUT2D eigenvalue weighted by atomic mass is 32.2. The molecule has 9 heteroatoms. The lowest BCUT2D eigenvalue weighted by atomic mass is 10.3. The maximum absolute atomic E-state index is 13.4. The summed E-state index contributed by atoms with van der Waals surface area (Å²) in [6, 6.07) is 6.04. The molecule has 134 valence electrons. The smallest absolute Gasteiger partial charge is 0.235 e. The average Bonchev–Trinajstić information content (AvgIpc) is 3.09. The van der Waals surface area contributed by atoms with Gasteiger partial charge >= 0.3 is 0 Å². The number of tetrazole rings is 1. The van der Waals surface area contributed by atoms with E-state index in [2.05, 4.69) is 27.3 Å². The second-order valence-electron chi connectivity index (χ2n) is 5.87. The monoisotopic (exact) mass is 364 g/mol. The fraction of sp³-hybridized carbons (Fsp3) is 0.500. The summed E-state index contributed by atoms with van der Waals surface area (Å²) in [5.41, 5.74) is 0.531. The van der Waals surface area contributed by atoms with Gasteiger partial charge in [0, 0.05) is 26.2 Å². The molecular formula is C16H21FN6OS. The molecule has 3 rings (SSSR count). The Morgan fingerprint density at radius 1 is 1.32 bits per heavy atom. The van der Waals surface area contributed by atoms with E-state index in [9.17, 15) is 9.18 Å². The summed E-state index contributed by atoms with van der Waals surface area (Å²) in [6.45, 7) is 8.28. The number of hydrogen-bond acceptors (Lipinski definition) is 6. The maximum Gasteiger partial charge on any atom is 0.235 e. The largest absolute Gasteiger partial charge is 0.339 e. The van der Waals surface area contributed by atoms with Gasteiger partial charge in [-0.05, 0) is 42.1 Å². The molecule has 1 amide bonds. The molecule has 1 aromatic carbocycles. The highest BCUT2D eigenvalue weighted by Crippen LogP contribution is 2.24. The Labute approximate surface area is 150 Å². The van der Waals surface area contributed by atoms with Gasteiger partial charge in [0.2, 0.25) is 11.1 Å². The van der Waals surface area contributed by atoms with Crippen LogP contribution >= 0.6 is 11.8 Å². The molecule has 1 unspecified atom stereocenters. The Bertz CT molecular complexity index is 731. The van der Waals surface area contributed by atoms with Crippen molar-refractivity contribution in [2.75, 3.05) is 32.7 Å². The van der Waals surface area contributed by atoms with E-state index >= 15 is 0 Å². The molecule has 2 heterocycles. The molecule has 1 atom stereocenters. The molecule has 1 fully saturated rings. The van der Waals surface area contributed by atoms with Gasteiger partial charge in [0.1, 0.15) is 5.82 Å². The molecule has 0 aliphatic carbocycles. The topological polar surface area (TPSA) is 67.2 Å². The third-order valence-electron chi connectivity index (χ3n) is 4.25. The SMILES string of the molecule is CCN1CCN(C(=O)C(C)Sc2nnnn2-c2cccc(F)c2)CC1. The van der Waals surface area contributed by atoms with Crippen LogP contribution in [0.25, 0.3) is 5.69 Å².